The highest BCUT2D eigenvalue weighted by atomic mass is 35.5. The number of hydrogen-bond acceptors (Lipinski definition) is 7. The molecule has 6 nitrogen and oxygen atoms in total. The summed E-state index contributed by atoms with van der Waals surface area (Å²) in [5, 5.41) is 2.54. The van der Waals surface area contributed by atoms with Gasteiger partial charge in [0.1, 0.15) is 0 Å². The van der Waals surface area contributed by atoms with Gasteiger partial charge >= 0.3 is 0 Å². The van der Waals surface area contributed by atoms with Crippen LogP contribution in [0.15, 0.2) is 53.1 Å². The van der Waals surface area contributed by atoms with E-state index in [0.717, 1.165) is 10.4 Å². The van der Waals surface area contributed by atoms with E-state index in [2.05, 4.69) is 16.0 Å². The second kappa shape index (κ2) is 9.91. The number of sulfone groups is 1. The highest BCUT2D eigenvalue weighted by Crippen LogP contribution is 2.27. The van der Waals surface area contributed by atoms with Crippen LogP contribution >= 0.6 is 34.7 Å². The third-order valence-electron chi connectivity index (χ3n) is 5.19. The Balaban J connectivity index is 1.57. The van der Waals surface area contributed by atoms with Gasteiger partial charge in [0.25, 0.3) is 5.91 Å². The molecule has 0 N–H and O–H groups in total. The molecule has 1 unspecified atom stereocenters. The summed E-state index contributed by atoms with van der Waals surface area (Å²) in [6.07, 6.45) is 1.85. The summed E-state index contributed by atoms with van der Waals surface area (Å²) in [5.41, 5.74) is 2.41. The number of carbonyl (C=O) groups excluding carboxylic acids is 1. The Hall–Kier alpha value is -1.94. The number of thiophene rings is 1. The van der Waals surface area contributed by atoms with Crippen molar-refractivity contribution < 1.29 is 13.2 Å². The molecule has 0 aliphatic carbocycles. The molecule has 10 heteroatoms. The summed E-state index contributed by atoms with van der Waals surface area (Å²) in [6, 6.07) is 11.6. The molecule has 1 amide bonds. The van der Waals surface area contributed by atoms with Crippen LogP contribution in [0, 0.1) is 6.92 Å². The van der Waals surface area contributed by atoms with E-state index in [0.29, 0.717) is 23.9 Å². The van der Waals surface area contributed by atoms with Gasteiger partial charge in [-0.2, -0.15) is 0 Å². The number of thioether (sulfide) groups is 1. The van der Waals surface area contributed by atoms with E-state index in [1.807, 2.05) is 42.6 Å². The predicted octanol–water partition coefficient (Wildman–Crippen LogP) is 4.62. The molecule has 1 aromatic carbocycles. The summed E-state index contributed by atoms with van der Waals surface area (Å²) in [7, 11) is -3.16. The molecular formula is C22H22ClN3O3S3. The molecular weight excluding hydrogens is 486 g/mol. The molecule has 0 spiro atoms. The first kappa shape index (κ1) is 23.2. The highest BCUT2D eigenvalue weighted by Gasteiger charge is 2.36. The topological polar surface area (TPSA) is 80.2 Å². The van der Waals surface area contributed by atoms with E-state index in [1.165, 1.54) is 34.9 Å². The van der Waals surface area contributed by atoms with Crippen molar-refractivity contribution in [3.63, 3.8) is 0 Å². The van der Waals surface area contributed by atoms with Gasteiger partial charge in [0.15, 0.2) is 20.7 Å². The molecule has 0 radical (unpaired) electrons. The minimum atomic E-state index is -3.16. The number of amides is 1. The van der Waals surface area contributed by atoms with Gasteiger partial charge in [0, 0.05) is 16.7 Å². The van der Waals surface area contributed by atoms with E-state index in [9.17, 15) is 13.2 Å². The first-order valence-corrected chi connectivity index (χ1v) is 14.1. The molecule has 1 fully saturated rings. The summed E-state index contributed by atoms with van der Waals surface area (Å²) < 4.78 is 24.2. The van der Waals surface area contributed by atoms with Gasteiger partial charge in [-0.05, 0) is 30.4 Å². The van der Waals surface area contributed by atoms with Crippen LogP contribution in [0.5, 0.6) is 0 Å². The van der Waals surface area contributed by atoms with Gasteiger partial charge in [-0.3, -0.25) is 4.79 Å². The number of carbonyl (C=O) groups is 1. The second-order valence-electron chi connectivity index (χ2n) is 7.70. The normalized spacial score (nSPS) is 17.4. The zero-order chi connectivity index (χ0) is 22.7. The van der Waals surface area contributed by atoms with E-state index in [-0.39, 0.29) is 28.1 Å². The van der Waals surface area contributed by atoms with Gasteiger partial charge < -0.3 is 4.90 Å². The van der Waals surface area contributed by atoms with E-state index < -0.39 is 15.9 Å². The molecule has 1 aliphatic heterocycles. The zero-order valence-electron chi connectivity index (χ0n) is 17.4. The molecule has 0 saturated carbocycles. The van der Waals surface area contributed by atoms with Crippen molar-refractivity contribution in [2.75, 3.05) is 11.5 Å². The van der Waals surface area contributed by atoms with Gasteiger partial charge in [0.2, 0.25) is 0 Å². The standard InChI is InChI=1S/C22H22ClN3O3S3/c1-15-4-2-5-16(10-15)13-31-22-24-11-19(23)20(25-22)21(27)26(12-18-6-3-8-30-18)17-7-9-32(28,29)14-17/h2-6,8,10-11,17H,7,9,12-14H2,1H3. The van der Waals surface area contributed by atoms with Crippen LogP contribution < -0.4 is 0 Å². The number of rotatable bonds is 7. The number of halogens is 1. The summed E-state index contributed by atoms with van der Waals surface area (Å²) in [5.74, 6) is 0.338. The van der Waals surface area contributed by atoms with Crippen molar-refractivity contribution in [1.82, 2.24) is 14.9 Å². The van der Waals surface area contributed by atoms with Crippen molar-refractivity contribution in [3.05, 3.63) is 74.7 Å². The van der Waals surface area contributed by atoms with Crippen molar-refractivity contribution in [1.29, 1.82) is 0 Å². The molecule has 3 heterocycles. The smallest absolute Gasteiger partial charge is 0.274 e. The van der Waals surface area contributed by atoms with Crippen LogP contribution in [-0.4, -0.2) is 46.7 Å². The largest absolute Gasteiger partial charge is 0.328 e. The fourth-order valence-electron chi connectivity index (χ4n) is 3.61. The van der Waals surface area contributed by atoms with Gasteiger partial charge in [-0.1, -0.05) is 59.3 Å². The Labute approximate surface area is 201 Å². The number of aryl methyl sites for hydroxylation is 1. The van der Waals surface area contributed by atoms with E-state index in [1.54, 1.807) is 4.90 Å². The Morgan fingerprint density at radius 1 is 1.31 bits per heavy atom. The minimum absolute atomic E-state index is 0.0399. The first-order chi connectivity index (χ1) is 15.3. The quantitative estimate of drug-likeness (QED) is 0.343. The van der Waals surface area contributed by atoms with E-state index in [4.69, 9.17) is 11.6 Å². The SMILES string of the molecule is Cc1cccc(CSc2ncc(Cl)c(C(=O)N(Cc3cccs3)C3CCS(=O)(=O)C3)n2)c1. The summed E-state index contributed by atoms with van der Waals surface area (Å²) in [6.45, 7) is 2.36. The number of nitrogens with zero attached hydrogens (tertiary/aromatic N) is 3. The number of aromatic nitrogens is 2. The Bertz CT molecular complexity index is 1220. The lowest BCUT2D eigenvalue weighted by Gasteiger charge is -2.28. The lowest BCUT2D eigenvalue weighted by Crippen LogP contribution is -2.41. The number of benzene rings is 1. The average molecular weight is 508 g/mol. The average Bonchev–Trinajstić information content (AvgIpc) is 3.40. The fraction of sp³-hybridized carbons (Fsp3) is 0.318. The monoisotopic (exact) mass is 507 g/mol. The first-order valence-electron chi connectivity index (χ1n) is 10.1. The molecule has 0 bridgehead atoms. The molecule has 3 aromatic rings. The van der Waals surface area contributed by atoms with Crippen LogP contribution in [-0.2, 0) is 22.1 Å². The van der Waals surface area contributed by atoms with Gasteiger partial charge in [0.05, 0.1) is 29.3 Å². The molecule has 1 atom stereocenters. The van der Waals surface area contributed by atoms with Gasteiger partial charge in [-0.15, -0.1) is 11.3 Å². The lowest BCUT2D eigenvalue weighted by molar-refractivity contribution is 0.0676. The van der Waals surface area contributed by atoms with Crippen LogP contribution in [0.1, 0.15) is 32.9 Å². The molecule has 1 saturated heterocycles. The van der Waals surface area contributed by atoms with E-state index >= 15 is 0 Å². The zero-order valence-corrected chi connectivity index (χ0v) is 20.6. The third kappa shape index (κ3) is 5.70. The van der Waals surface area contributed by atoms with Crippen LogP contribution in [0.3, 0.4) is 0 Å². The second-order valence-corrected chi connectivity index (χ2v) is 12.3. The summed E-state index contributed by atoms with van der Waals surface area (Å²) in [4.78, 5) is 24.8. The van der Waals surface area contributed by atoms with Crippen LogP contribution in [0.2, 0.25) is 5.02 Å². The third-order valence-corrected chi connectivity index (χ3v) is 9.01. The Kier molecular flexibility index (Phi) is 7.19. The maximum atomic E-state index is 13.5. The lowest BCUT2D eigenvalue weighted by atomic mass is 10.2. The van der Waals surface area contributed by atoms with Crippen molar-refractivity contribution in [2.45, 2.75) is 36.8 Å². The molecule has 4 rings (SSSR count). The van der Waals surface area contributed by atoms with Crippen molar-refractivity contribution in [3.8, 4) is 0 Å². The predicted molar refractivity (Wildman–Crippen MR) is 129 cm³/mol. The molecule has 32 heavy (non-hydrogen) atoms. The maximum Gasteiger partial charge on any atom is 0.274 e. The Morgan fingerprint density at radius 2 is 2.16 bits per heavy atom. The minimum Gasteiger partial charge on any atom is -0.328 e. The Morgan fingerprint density at radius 3 is 2.84 bits per heavy atom. The van der Waals surface area contributed by atoms with Crippen molar-refractivity contribution in [2.24, 2.45) is 0 Å². The fourth-order valence-corrected chi connectivity index (χ4v) is 6.98. The highest BCUT2D eigenvalue weighted by molar-refractivity contribution is 7.98. The maximum absolute atomic E-state index is 13.5. The van der Waals surface area contributed by atoms with Crippen LogP contribution in [0.4, 0.5) is 0 Å². The van der Waals surface area contributed by atoms with Crippen molar-refractivity contribution >= 4 is 50.4 Å². The molecule has 168 valence electrons. The summed E-state index contributed by atoms with van der Waals surface area (Å²) >= 11 is 9.27. The number of hydrogen-bond donors (Lipinski definition) is 0. The molecule has 1 aliphatic rings. The van der Waals surface area contributed by atoms with Crippen LogP contribution in [0.25, 0.3) is 0 Å². The molecule has 2 aromatic heterocycles. The van der Waals surface area contributed by atoms with Gasteiger partial charge in [-0.25, -0.2) is 18.4 Å².